The average molecular weight is 434 g/mol. The van der Waals surface area contributed by atoms with E-state index in [-0.39, 0.29) is 24.2 Å². The van der Waals surface area contributed by atoms with E-state index >= 15 is 0 Å². The number of benzene rings is 1. The van der Waals surface area contributed by atoms with E-state index in [0.717, 1.165) is 23.2 Å². The number of rotatable bonds is 9. The van der Waals surface area contributed by atoms with Crippen LogP contribution in [0.5, 0.6) is 0 Å². The van der Waals surface area contributed by atoms with E-state index in [0.29, 0.717) is 17.3 Å². The number of hydrogen-bond acceptors (Lipinski definition) is 5. The highest BCUT2D eigenvalue weighted by Gasteiger charge is 2.24. The second-order valence-electron chi connectivity index (χ2n) is 7.31. The summed E-state index contributed by atoms with van der Waals surface area (Å²) in [5, 5.41) is 5.21. The zero-order valence-electron chi connectivity index (χ0n) is 17.0. The van der Waals surface area contributed by atoms with Crippen molar-refractivity contribution in [1.29, 1.82) is 0 Å². The van der Waals surface area contributed by atoms with Gasteiger partial charge in [0.25, 0.3) is 0 Å². The summed E-state index contributed by atoms with van der Waals surface area (Å²) in [4.78, 5) is 18.6. The minimum atomic E-state index is -3.28. The van der Waals surface area contributed by atoms with Crippen LogP contribution in [0.1, 0.15) is 43.4 Å². The van der Waals surface area contributed by atoms with Gasteiger partial charge < -0.3 is 9.88 Å². The molecule has 3 rings (SSSR count). The number of carbonyl (C=O) groups is 1. The fourth-order valence-electron chi connectivity index (χ4n) is 3.66. The van der Waals surface area contributed by atoms with E-state index in [4.69, 9.17) is 0 Å². The molecule has 1 aromatic carbocycles. The predicted molar refractivity (Wildman–Crippen MR) is 118 cm³/mol. The topological polar surface area (TPSA) is 81.1 Å². The summed E-state index contributed by atoms with van der Waals surface area (Å²) in [5.41, 5.74) is 1.45. The first kappa shape index (κ1) is 21.5. The fraction of sp³-hybridized carbons (Fsp3) is 0.429. The molecule has 0 bridgehead atoms. The molecule has 1 N–H and O–H groups in total. The van der Waals surface area contributed by atoms with Gasteiger partial charge in [-0.3, -0.25) is 4.79 Å². The fourth-order valence-corrected chi connectivity index (χ4v) is 5.22. The lowest BCUT2D eigenvalue weighted by Gasteiger charge is -2.26. The monoisotopic (exact) mass is 433 g/mol. The number of aromatic nitrogens is 2. The lowest BCUT2D eigenvalue weighted by Crippen LogP contribution is -2.35. The Morgan fingerprint density at radius 1 is 1.17 bits per heavy atom. The van der Waals surface area contributed by atoms with Crippen LogP contribution in [0.15, 0.2) is 41.8 Å². The second-order valence-corrected chi connectivity index (χ2v) is 10.4. The highest BCUT2D eigenvalue weighted by molar-refractivity contribution is 7.89. The Bertz CT molecular complexity index is 1070. The zero-order valence-corrected chi connectivity index (χ0v) is 18.6. The van der Waals surface area contributed by atoms with E-state index in [1.807, 2.05) is 35.7 Å². The van der Waals surface area contributed by atoms with Crippen molar-refractivity contribution < 1.29 is 13.2 Å². The molecule has 0 saturated heterocycles. The van der Waals surface area contributed by atoms with Crippen molar-refractivity contribution in [1.82, 2.24) is 14.9 Å². The molecular weight excluding hydrogens is 406 g/mol. The molecule has 0 aliphatic heterocycles. The summed E-state index contributed by atoms with van der Waals surface area (Å²) >= 11 is 1.64. The standard InChI is InChI=1S/C21H27N3O3S2/c1-4-15(5-2)21(18-11-8-12-28-18)23-20(25)13-24-17-10-7-6-9-16(17)22-19(24)14-29(3,26)27/h6-12,15,21H,4-5,13-14H2,1-3H3,(H,23,25). The summed E-state index contributed by atoms with van der Waals surface area (Å²) in [6.45, 7) is 4.30. The Morgan fingerprint density at radius 3 is 2.52 bits per heavy atom. The average Bonchev–Trinajstić information content (AvgIpc) is 3.29. The molecule has 1 unspecified atom stereocenters. The third-order valence-corrected chi connectivity index (χ3v) is 6.85. The Labute approximate surface area is 175 Å². The summed E-state index contributed by atoms with van der Waals surface area (Å²) in [7, 11) is -3.28. The number of sulfone groups is 1. The lowest BCUT2D eigenvalue weighted by molar-refractivity contribution is -0.122. The Balaban J connectivity index is 1.89. The number of para-hydroxylation sites is 2. The number of amides is 1. The van der Waals surface area contributed by atoms with Gasteiger partial charge in [-0.05, 0) is 29.5 Å². The number of fused-ring (bicyclic) bond motifs is 1. The molecule has 1 amide bonds. The molecule has 0 spiro atoms. The maximum absolute atomic E-state index is 13.0. The Hall–Kier alpha value is -2.19. The maximum Gasteiger partial charge on any atom is 0.240 e. The van der Waals surface area contributed by atoms with Crippen molar-refractivity contribution in [3.63, 3.8) is 0 Å². The maximum atomic E-state index is 13.0. The van der Waals surface area contributed by atoms with Gasteiger partial charge in [0.05, 0.1) is 17.1 Å². The molecule has 2 aromatic heterocycles. The van der Waals surface area contributed by atoms with Gasteiger partial charge in [0.2, 0.25) is 5.91 Å². The first-order chi connectivity index (χ1) is 13.8. The van der Waals surface area contributed by atoms with Gasteiger partial charge in [-0.1, -0.05) is 44.9 Å². The van der Waals surface area contributed by atoms with Gasteiger partial charge in [0.15, 0.2) is 9.84 Å². The van der Waals surface area contributed by atoms with Crippen LogP contribution in [0.2, 0.25) is 0 Å². The van der Waals surface area contributed by atoms with Crippen LogP contribution in [0, 0.1) is 5.92 Å². The minimum Gasteiger partial charge on any atom is -0.347 e. The minimum absolute atomic E-state index is 0.0351. The van der Waals surface area contributed by atoms with Crippen LogP contribution in [0.3, 0.4) is 0 Å². The molecule has 8 heteroatoms. The van der Waals surface area contributed by atoms with Crippen LogP contribution in [0.25, 0.3) is 11.0 Å². The van der Waals surface area contributed by atoms with E-state index < -0.39 is 9.84 Å². The number of imidazole rings is 1. The molecule has 0 aliphatic rings. The summed E-state index contributed by atoms with van der Waals surface area (Å²) < 4.78 is 25.4. The predicted octanol–water partition coefficient (Wildman–Crippen LogP) is 3.94. The molecule has 29 heavy (non-hydrogen) atoms. The van der Waals surface area contributed by atoms with Gasteiger partial charge in [0.1, 0.15) is 18.1 Å². The first-order valence-electron chi connectivity index (χ1n) is 9.77. The lowest BCUT2D eigenvalue weighted by atomic mass is 9.93. The van der Waals surface area contributed by atoms with Gasteiger partial charge in [-0.25, -0.2) is 13.4 Å². The quantitative estimate of drug-likeness (QED) is 0.554. The number of carbonyl (C=O) groups excluding carboxylic acids is 1. The van der Waals surface area contributed by atoms with Crippen molar-refractivity contribution in [2.24, 2.45) is 5.92 Å². The molecule has 6 nitrogen and oxygen atoms in total. The molecule has 0 saturated carbocycles. The summed E-state index contributed by atoms with van der Waals surface area (Å²) in [6, 6.07) is 11.4. The van der Waals surface area contributed by atoms with Gasteiger partial charge >= 0.3 is 0 Å². The van der Waals surface area contributed by atoms with Crippen LogP contribution < -0.4 is 5.32 Å². The van der Waals surface area contributed by atoms with Gasteiger partial charge in [-0.15, -0.1) is 11.3 Å². The summed E-state index contributed by atoms with van der Waals surface area (Å²) in [5.74, 6) is 0.385. The molecule has 2 heterocycles. The zero-order chi connectivity index (χ0) is 21.0. The first-order valence-corrected chi connectivity index (χ1v) is 12.7. The van der Waals surface area contributed by atoms with E-state index in [2.05, 4.69) is 30.2 Å². The SMILES string of the molecule is CCC(CC)C(NC(=O)Cn1c(CS(C)(=O)=O)nc2ccccc21)c1cccs1. The van der Waals surface area contributed by atoms with Crippen molar-refractivity contribution in [2.75, 3.05) is 6.26 Å². The molecule has 156 valence electrons. The Morgan fingerprint density at radius 2 is 1.90 bits per heavy atom. The van der Waals surface area contributed by atoms with Crippen LogP contribution in [0.4, 0.5) is 0 Å². The van der Waals surface area contributed by atoms with Crippen molar-refractivity contribution in [3.05, 3.63) is 52.5 Å². The van der Waals surface area contributed by atoms with Crippen molar-refractivity contribution >= 4 is 38.1 Å². The Kier molecular flexibility index (Phi) is 6.74. The second kappa shape index (κ2) is 9.09. The number of nitrogens with zero attached hydrogens (tertiary/aromatic N) is 2. The largest absolute Gasteiger partial charge is 0.347 e. The van der Waals surface area contributed by atoms with Gasteiger partial charge in [-0.2, -0.15) is 0 Å². The van der Waals surface area contributed by atoms with E-state index in [1.54, 1.807) is 15.9 Å². The molecule has 0 aliphatic carbocycles. The number of nitrogens with one attached hydrogen (secondary N) is 1. The highest BCUT2D eigenvalue weighted by Crippen LogP contribution is 2.30. The normalized spacial score (nSPS) is 13.1. The molecule has 3 aromatic rings. The third-order valence-electron chi connectivity index (χ3n) is 5.11. The van der Waals surface area contributed by atoms with E-state index in [1.165, 1.54) is 6.26 Å². The van der Waals surface area contributed by atoms with Crippen LogP contribution >= 0.6 is 11.3 Å². The van der Waals surface area contributed by atoms with Crippen molar-refractivity contribution in [2.45, 2.75) is 45.0 Å². The van der Waals surface area contributed by atoms with Crippen molar-refractivity contribution in [3.8, 4) is 0 Å². The van der Waals surface area contributed by atoms with Gasteiger partial charge in [0, 0.05) is 11.1 Å². The molecule has 0 fully saturated rings. The smallest absolute Gasteiger partial charge is 0.240 e. The number of thiophene rings is 1. The van der Waals surface area contributed by atoms with Crippen LogP contribution in [-0.2, 0) is 26.9 Å². The van der Waals surface area contributed by atoms with Crippen LogP contribution in [-0.4, -0.2) is 30.1 Å². The molecule has 0 radical (unpaired) electrons. The molecular formula is C21H27N3O3S2. The summed E-state index contributed by atoms with van der Waals surface area (Å²) in [6.07, 6.45) is 3.11. The van der Waals surface area contributed by atoms with E-state index in [9.17, 15) is 13.2 Å². The molecule has 1 atom stereocenters. The number of hydrogen-bond donors (Lipinski definition) is 1. The highest BCUT2D eigenvalue weighted by atomic mass is 32.2. The third kappa shape index (κ3) is 5.25.